The normalized spacial score (nSPS) is 22.2. The van der Waals surface area contributed by atoms with Crippen LogP contribution in [0.5, 0.6) is 5.75 Å². The maximum atomic E-state index is 10.5. The van der Waals surface area contributed by atoms with Gasteiger partial charge < -0.3 is 14.9 Å². The summed E-state index contributed by atoms with van der Waals surface area (Å²) < 4.78 is 0. The van der Waals surface area contributed by atoms with Gasteiger partial charge in [-0.25, -0.2) is 4.98 Å². The third-order valence-corrected chi connectivity index (χ3v) is 6.42. The summed E-state index contributed by atoms with van der Waals surface area (Å²) in [7, 11) is 4.35. The molecule has 31 heavy (non-hydrogen) atoms. The first-order chi connectivity index (χ1) is 14.1. The molecule has 2 aliphatic rings. The van der Waals surface area contributed by atoms with Gasteiger partial charge in [-0.05, 0) is 56.5 Å². The molecule has 1 aliphatic carbocycles. The fraction of sp³-hybridized carbons (Fsp3) is 0.429. The number of anilines is 1. The summed E-state index contributed by atoms with van der Waals surface area (Å²) in [6.07, 6.45) is 7.76. The molecule has 5 rings (SSSR count). The van der Waals surface area contributed by atoms with Crippen LogP contribution in [0, 0.1) is 11.8 Å². The molecule has 1 aromatic carbocycles. The first kappa shape index (κ1) is 23.2. The molecule has 10 heteroatoms. The van der Waals surface area contributed by atoms with Crippen molar-refractivity contribution >= 4 is 30.8 Å². The summed E-state index contributed by atoms with van der Waals surface area (Å²) in [6.45, 7) is 1.99. The highest BCUT2D eigenvalue weighted by Gasteiger charge is 2.44. The number of aromatic nitrogens is 5. The van der Waals surface area contributed by atoms with Crippen molar-refractivity contribution in [2.24, 2.45) is 11.8 Å². The first-order valence-corrected chi connectivity index (χ1v) is 10.0. The molecular formula is C21H27Cl2N7O. The Hall–Kier alpha value is -2.42. The van der Waals surface area contributed by atoms with E-state index in [1.807, 2.05) is 12.1 Å². The summed E-state index contributed by atoms with van der Waals surface area (Å²) in [5, 5.41) is 25.9. The van der Waals surface area contributed by atoms with Crippen molar-refractivity contribution in [2.75, 3.05) is 32.1 Å². The number of H-pyrrole nitrogens is 1. The van der Waals surface area contributed by atoms with Crippen LogP contribution in [0.15, 0.2) is 36.8 Å². The molecule has 3 atom stereocenters. The van der Waals surface area contributed by atoms with Gasteiger partial charge in [0.1, 0.15) is 11.4 Å². The van der Waals surface area contributed by atoms with Crippen LogP contribution in [0.25, 0.3) is 22.4 Å². The minimum Gasteiger partial charge on any atom is -0.507 e. The van der Waals surface area contributed by atoms with E-state index in [0.717, 1.165) is 24.2 Å². The van der Waals surface area contributed by atoms with Crippen molar-refractivity contribution < 1.29 is 5.11 Å². The summed E-state index contributed by atoms with van der Waals surface area (Å²) in [4.78, 5) is 9.17. The van der Waals surface area contributed by atoms with Gasteiger partial charge in [0.2, 0.25) is 5.95 Å². The Bertz CT molecular complexity index is 997. The molecule has 3 heterocycles. The summed E-state index contributed by atoms with van der Waals surface area (Å²) in [6, 6.07) is 6.12. The lowest BCUT2D eigenvalue weighted by Crippen LogP contribution is -2.35. The standard InChI is InChI=1S/C21H25N7O.2ClH/c1-27(2)19-6-4-14-11-28(12-17(14)19)21-22-10-18(25-26-21)16-5-3-13(7-20(16)29)15-8-23-24-9-15;;/h3,5,7-10,14,17,19,29H,4,6,11-12H2,1-2H3,(H,23,24);2*1H/t14-,17+,19-;;/m1../s1. The molecule has 0 spiro atoms. The van der Waals surface area contributed by atoms with Gasteiger partial charge >= 0.3 is 0 Å². The number of aromatic amines is 1. The Morgan fingerprint density at radius 2 is 1.90 bits per heavy atom. The fourth-order valence-corrected chi connectivity index (χ4v) is 4.92. The largest absolute Gasteiger partial charge is 0.507 e. The predicted molar refractivity (Wildman–Crippen MR) is 125 cm³/mol. The predicted octanol–water partition coefficient (Wildman–Crippen LogP) is 3.25. The number of nitrogens with zero attached hydrogens (tertiary/aromatic N) is 6. The van der Waals surface area contributed by atoms with Crippen LogP contribution >= 0.6 is 24.8 Å². The van der Waals surface area contributed by atoms with Crippen LogP contribution in [0.3, 0.4) is 0 Å². The third-order valence-electron chi connectivity index (χ3n) is 6.42. The SMILES string of the molecule is CN(C)[C@@H]1CC[C@@H]2CN(c3ncc(-c4ccc(-c5cn[nH]c5)cc4O)nn3)C[C@@H]21.Cl.Cl. The van der Waals surface area contributed by atoms with E-state index in [1.54, 1.807) is 24.7 Å². The van der Waals surface area contributed by atoms with Gasteiger partial charge in [-0.1, -0.05) is 6.07 Å². The quantitative estimate of drug-likeness (QED) is 0.612. The van der Waals surface area contributed by atoms with Crippen LogP contribution in [0.4, 0.5) is 5.95 Å². The molecule has 2 N–H and O–H groups in total. The Balaban J connectivity index is 0.00000136. The Kier molecular flexibility index (Phi) is 7.03. The second kappa shape index (κ2) is 9.38. The summed E-state index contributed by atoms with van der Waals surface area (Å²) in [5.41, 5.74) is 2.99. The molecule has 1 saturated carbocycles. The van der Waals surface area contributed by atoms with E-state index < -0.39 is 0 Å². The molecule has 1 saturated heterocycles. The van der Waals surface area contributed by atoms with Gasteiger partial charge in [0, 0.05) is 36.5 Å². The molecule has 0 radical (unpaired) electrons. The number of aromatic hydroxyl groups is 1. The van der Waals surface area contributed by atoms with Gasteiger partial charge in [0.15, 0.2) is 0 Å². The zero-order valence-electron chi connectivity index (χ0n) is 17.5. The first-order valence-electron chi connectivity index (χ1n) is 10.0. The average Bonchev–Trinajstić information content (AvgIpc) is 3.45. The monoisotopic (exact) mass is 463 g/mol. The number of fused-ring (bicyclic) bond motifs is 1. The number of nitrogens with one attached hydrogen (secondary N) is 1. The van der Waals surface area contributed by atoms with Crippen LogP contribution in [-0.4, -0.2) is 68.6 Å². The molecule has 0 amide bonds. The van der Waals surface area contributed by atoms with E-state index in [9.17, 15) is 5.11 Å². The number of phenolic OH excluding ortho intramolecular Hbond substituents is 1. The maximum Gasteiger partial charge on any atom is 0.245 e. The van der Waals surface area contributed by atoms with Crippen LogP contribution < -0.4 is 4.90 Å². The smallest absolute Gasteiger partial charge is 0.245 e. The minimum absolute atomic E-state index is 0. The molecule has 2 aromatic heterocycles. The van der Waals surface area contributed by atoms with E-state index in [-0.39, 0.29) is 30.6 Å². The zero-order chi connectivity index (χ0) is 20.0. The fourth-order valence-electron chi connectivity index (χ4n) is 4.92. The average molecular weight is 464 g/mol. The lowest BCUT2D eigenvalue weighted by Gasteiger charge is -2.26. The van der Waals surface area contributed by atoms with Gasteiger partial charge in [-0.15, -0.1) is 35.0 Å². The van der Waals surface area contributed by atoms with Gasteiger partial charge in [0.25, 0.3) is 0 Å². The highest BCUT2D eigenvalue weighted by molar-refractivity contribution is 5.85. The highest BCUT2D eigenvalue weighted by atomic mass is 35.5. The number of hydrogen-bond donors (Lipinski definition) is 2. The molecule has 1 aliphatic heterocycles. The van der Waals surface area contributed by atoms with E-state index in [0.29, 0.717) is 35.1 Å². The molecule has 2 fully saturated rings. The molecule has 8 nitrogen and oxygen atoms in total. The Morgan fingerprint density at radius 3 is 2.55 bits per heavy atom. The van der Waals surface area contributed by atoms with Crippen molar-refractivity contribution in [1.29, 1.82) is 0 Å². The number of rotatable bonds is 4. The van der Waals surface area contributed by atoms with E-state index in [1.165, 1.54) is 12.8 Å². The molecule has 0 unspecified atom stereocenters. The number of phenols is 1. The van der Waals surface area contributed by atoms with Crippen molar-refractivity contribution in [3.05, 3.63) is 36.8 Å². The lowest BCUT2D eigenvalue weighted by atomic mass is 9.97. The van der Waals surface area contributed by atoms with E-state index in [2.05, 4.69) is 49.3 Å². The number of halogens is 2. The number of hydrogen-bond acceptors (Lipinski definition) is 7. The van der Waals surface area contributed by atoms with Crippen molar-refractivity contribution in [2.45, 2.75) is 18.9 Å². The Labute approximate surface area is 193 Å². The molecular weight excluding hydrogens is 437 g/mol. The molecule has 3 aromatic rings. The Morgan fingerprint density at radius 1 is 1.06 bits per heavy atom. The summed E-state index contributed by atoms with van der Waals surface area (Å²) >= 11 is 0. The van der Waals surface area contributed by atoms with Gasteiger partial charge in [-0.2, -0.15) is 5.10 Å². The topological polar surface area (TPSA) is 94.1 Å². The van der Waals surface area contributed by atoms with Crippen molar-refractivity contribution in [1.82, 2.24) is 30.3 Å². The van der Waals surface area contributed by atoms with Gasteiger partial charge in [-0.3, -0.25) is 5.10 Å². The zero-order valence-corrected chi connectivity index (χ0v) is 19.1. The van der Waals surface area contributed by atoms with Crippen molar-refractivity contribution in [3.63, 3.8) is 0 Å². The van der Waals surface area contributed by atoms with E-state index >= 15 is 0 Å². The van der Waals surface area contributed by atoms with Crippen LogP contribution in [-0.2, 0) is 0 Å². The molecule has 166 valence electrons. The maximum absolute atomic E-state index is 10.5. The van der Waals surface area contributed by atoms with Crippen LogP contribution in [0.2, 0.25) is 0 Å². The van der Waals surface area contributed by atoms with E-state index in [4.69, 9.17) is 0 Å². The lowest BCUT2D eigenvalue weighted by molar-refractivity contribution is 0.237. The second-order valence-electron chi connectivity index (χ2n) is 8.30. The summed E-state index contributed by atoms with van der Waals surface area (Å²) in [5.74, 6) is 2.21. The molecule has 0 bridgehead atoms. The second-order valence-corrected chi connectivity index (χ2v) is 8.30. The van der Waals surface area contributed by atoms with Crippen LogP contribution in [0.1, 0.15) is 12.8 Å². The van der Waals surface area contributed by atoms with Crippen molar-refractivity contribution in [3.8, 4) is 28.1 Å². The minimum atomic E-state index is 0. The van der Waals surface area contributed by atoms with Gasteiger partial charge in [0.05, 0.1) is 12.4 Å². The highest BCUT2D eigenvalue weighted by Crippen LogP contribution is 2.41. The third kappa shape index (κ3) is 4.33. The number of benzene rings is 1.